The van der Waals surface area contributed by atoms with E-state index in [9.17, 15) is 5.11 Å². The monoisotopic (exact) mass is 219 g/mol. The van der Waals surface area contributed by atoms with E-state index in [4.69, 9.17) is 22.4 Å². The van der Waals surface area contributed by atoms with Gasteiger partial charge in [-0.3, -0.25) is 4.99 Å². The average Bonchev–Trinajstić information content (AvgIpc) is 2.21. The summed E-state index contributed by atoms with van der Waals surface area (Å²) in [5.74, 6) is 0.0505. The first-order chi connectivity index (χ1) is 6.99. The highest BCUT2D eigenvalue weighted by molar-refractivity contribution is 5.75. The summed E-state index contributed by atoms with van der Waals surface area (Å²) in [4.78, 5) is 3.79. The molecule has 0 aliphatic carbocycles. The van der Waals surface area contributed by atoms with Crippen LogP contribution in [0.15, 0.2) is 4.99 Å². The van der Waals surface area contributed by atoms with Gasteiger partial charge in [-0.2, -0.15) is 0 Å². The van der Waals surface area contributed by atoms with Crippen LogP contribution in [0.5, 0.6) is 0 Å². The SMILES string of the molecule is CC(NO)C(O)C(N)CCCN=C(N)N. The van der Waals surface area contributed by atoms with Gasteiger partial charge in [0.1, 0.15) is 0 Å². The minimum atomic E-state index is -0.797. The van der Waals surface area contributed by atoms with E-state index in [0.717, 1.165) is 0 Å². The molecule has 0 aliphatic rings. The molecule has 3 unspecified atom stereocenters. The predicted molar refractivity (Wildman–Crippen MR) is 58.3 cm³/mol. The highest BCUT2D eigenvalue weighted by Crippen LogP contribution is 2.04. The smallest absolute Gasteiger partial charge is 0.185 e. The predicted octanol–water partition coefficient (Wildman–Crippen LogP) is -1.90. The zero-order valence-electron chi connectivity index (χ0n) is 8.93. The number of nitrogens with two attached hydrogens (primary N) is 3. The van der Waals surface area contributed by atoms with Crippen LogP contribution in [-0.2, 0) is 0 Å². The third-order valence-electron chi connectivity index (χ3n) is 2.14. The maximum atomic E-state index is 9.56. The summed E-state index contributed by atoms with van der Waals surface area (Å²) in [5, 5.41) is 18.1. The molecule has 7 nitrogen and oxygen atoms in total. The Labute approximate surface area is 89.3 Å². The van der Waals surface area contributed by atoms with Crippen molar-refractivity contribution < 1.29 is 10.3 Å². The number of nitrogens with zero attached hydrogens (tertiary/aromatic N) is 1. The average molecular weight is 219 g/mol. The Hall–Kier alpha value is -0.890. The molecule has 0 aromatic carbocycles. The Bertz CT molecular complexity index is 195. The lowest BCUT2D eigenvalue weighted by Gasteiger charge is -2.23. The number of nitrogens with one attached hydrogen (secondary N) is 1. The molecule has 0 saturated heterocycles. The molecule has 15 heavy (non-hydrogen) atoms. The summed E-state index contributed by atoms with van der Waals surface area (Å²) in [7, 11) is 0. The van der Waals surface area contributed by atoms with Gasteiger partial charge in [-0.15, -0.1) is 0 Å². The van der Waals surface area contributed by atoms with Gasteiger partial charge in [-0.05, 0) is 19.8 Å². The Morgan fingerprint density at radius 3 is 2.53 bits per heavy atom. The number of hydroxylamine groups is 1. The number of hydrogen-bond donors (Lipinski definition) is 6. The molecule has 3 atom stereocenters. The quantitative estimate of drug-likeness (QED) is 0.128. The zero-order chi connectivity index (χ0) is 11.8. The van der Waals surface area contributed by atoms with Crippen molar-refractivity contribution in [1.29, 1.82) is 0 Å². The van der Waals surface area contributed by atoms with Crippen LogP contribution < -0.4 is 22.7 Å². The maximum Gasteiger partial charge on any atom is 0.185 e. The number of aliphatic hydroxyl groups is 1. The fourth-order valence-corrected chi connectivity index (χ4v) is 1.15. The van der Waals surface area contributed by atoms with Gasteiger partial charge in [0.15, 0.2) is 5.96 Å². The molecule has 90 valence electrons. The molecule has 0 radical (unpaired) electrons. The van der Waals surface area contributed by atoms with Crippen molar-refractivity contribution in [3.8, 4) is 0 Å². The molecule has 0 bridgehead atoms. The summed E-state index contributed by atoms with van der Waals surface area (Å²) in [6.45, 7) is 2.13. The van der Waals surface area contributed by atoms with Crippen LogP contribution in [0, 0.1) is 0 Å². The lowest BCUT2D eigenvalue weighted by atomic mass is 10.0. The number of hydrogen-bond acceptors (Lipinski definition) is 5. The highest BCUT2D eigenvalue weighted by atomic mass is 16.5. The molecule has 0 heterocycles. The van der Waals surface area contributed by atoms with E-state index >= 15 is 0 Å². The molecule has 0 saturated carbocycles. The molecule has 0 aromatic heterocycles. The summed E-state index contributed by atoms with van der Waals surface area (Å²) in [6, 6.07) is -0.864. The molecular formula is C8H21N5O2. The van der Waals surface area contributed by atoms with Gasteiger partial charge in [-0.1, -0.05) is 0 Å². The second-order valence-electron chi connectivity index (χ2n) is 3.52. The number of aliphatic imine (C=N–C) groups is 1. The second-order valence-corrected chi connectivity index (χ2v) is 3.52. The largest absolute Gasteiger partial charge is 0.390 e. The summed E-state index contributed by atoms with van der Waals surface area (Å²) < 4.78 is 0. The molecule has 0 rings (SSSR count). The molecule has 0 fully saturated rings. The van der Waals surface area contributed by atoms with Crippen LogP contribution in [0.3, 0.4) is 0 Å². The lowest BCUT2D eigenvalue weighted by Crippen LogP contribution is -2.47. The van der Waals surface area contributed by atoms with Crippen LogP contribution in [0.2, 0.25) is 0 Å². The molecule has 0 amide bonds. The third kappa shape index (κ3) is 6.24. The first kappa shape index (κ1) is 14.1. The van der Waals surface area contributed by atoms with Crippen molar-refractivity contribution in [3.63, 3.8) is 0 Å². The van der Waals surface area contributed by atoms with Gasteiger partial charge in [-0.25, -0.2) is 5.48 Å². The van der Waals surface area contributed by atoms with Crippen LogP contribution in [0.4, 0.5) is 0 Å². The third-order valence-corrected chi connectivity index (χ3v) is 2.14. The normalized spacial score (nSPS) is 16.8. The van der Waals surface area contributed by atoms with Gasteiger partial charge in [0.2, 0.25) is 0 Å². The van der Waals surface area contributed by atoms with Crippen LogP contribution in [-0.4, -0.2) is 41.0 Å². The number of aliphatic hydroxyl groups excluding tert-OH is 1. The molecule has 0 spiro atoms. The second kappa shape index (κ2) is 7.41. The number of guanidine groups is 1. The lowest BCUT2D eigenvalue weighted by molar-refractivity contribution is 0.0325. The highest BCUT2D eigenvalue weighted by Gasteiger charge is 2.20. The minimum absolute atomic E-state index is 0.0505. The zero-order valence-corrected chi connectivity index (χ0v) is 8.93. The van der Waals surface area contributed by atoms with Gasteiger partial charge in [0.25, 0.3) is 0 Å². The van der Waals surface area contributed by atoms with Gasteiger partial charge < -0.3 is 27.5 Å². The van der Waals surface area contributed by atoms with Crippen molar-refractivity contribution in [1.82, 2.24) is 5.48 Å². The Morgan fingerprint density at radius 1 is 1.47 bits per heavy atom. The number of rotatable bonds is 7. The van der Waals surface area contributed by atoms with Crippen LogP contribution >= 0.6 is 0 Å². The molecule has 0 aromatic rings. The van der Waals surface area contributed by atoms with Crippen LogP contribution in [0.25, 0.3) is 0 Å². The van der Waals surface area contributed by atoms with Gasteiger partial charge in [0.05, 0.1) is 12.1 Å². The standard InChI is InChI=1S/C8H21N5O2/c1-5(13-15)7(14)6(9)3-2-4-12-8(10)11/h5-7,13-15H,2-4,9H2,1H3,(H4,10,11,12). The van der Waals surface area contributed by atoms with E-state index in [1.807, 2.05) is 5.48 Å². The maximum absolute atomic E-state index is 9.56. The van der Waals surface area contributed by atoms with Gasteiger partial charge in [0, 0.05) is 12.6 Å². The van der Waals surface area contributed by atoms with E-state index in [2.05, 4.69) is 4.99 Å². The topological polar surface area (TPSA) is 143 Å². The molecule has 7 heteroatoms. The van der Waals surface area contributed by atoms with E-state index in [-0.39, 0.29) is 5.96 Å². The Kier molecular flexibility index (Phi) is 6.97. The van der Waals surface area contributed by atoms with Crippen molar-refractivity contribution in [2.45, 2.75) is 38.0 Å². The van der Waals surface area contributed by atoms with Gasteiger partial charge >= 0.3 is 0 Å². The summed E-state index contributed by atoms with van der Waals surface area (Å²) >= 11 is 0. The first-order valence-electron chi connectivity index (χ1n) is 4.87. The minimum Gasteiger partial charge on any atom is -0.390 e. The fourth-order valence-electron chi connectivity index (χ4n) is 1.15. The van der Waals surface area contributed by atoms with Crippen molar-refractivity contribution in [2.24, 2.45) is 22.2 Å². The fraction of sp³-hybridized carbons (Fsp3) is 0.875. The summed E-state index contributed by atoms with van der Waals surface area (Å²) in [6.07, 6.45) is 0.479. The first-order valence-corrected chi connectivity index (χ1v) is 4.87. The van der Waals surface area contributed by atoms with Crippen molar-refractivity contribution >= 4 is 5.96 Å². The Balaban J connectivity index is 3.73. The van der Waals surface area contributed by atoms with E-state index < -0.39 is 18.2 Å². The van der Waals surface area contributed by atoms with Crippen molar-refractivity contribution in [2.75, 3.05) is 6.54 Å². The molecule has 9 N–H and O–H groups in total. The van der Waals surface area contributed by atoms with Crippen molar-refractivity contribution in [3.05, 3.63) is 0 Å². The van der Waals surface area contributed by atoms with Crippen LogP contribution in [0.1, 0.15) is 19.8 Å². The molecular weight excluding hydrogens is 198 g/mol. The summed E-state index contributed by atoms with van der Waals surface area (Å²) in [5.41, 5.74) is 17.9. The van der Waals surface area contributed by atoms with E-state index in [1.54, 1.807) is 6.92 Å². The Morgan fingerprint density at radius 2 is 2.07 bits per heavy atom. The molecule has 0 aliphatic heterocycles. The van der Waals surface area contributed by atoms with E-state index in [1.165, 1.54) is 0 Å². The van der Waals surface area contributed by atoms with E-state index in [0.29, 0.717) is 19.4 Å².